The van der Waals surface area contributed by atoms with Crippen molar-refractivity contribution in [2.45, 2.75) is 6.92 Å². The van der Waals surface area contributed by atoms with E-state index in [4.69, 9.17) is 23.2 Å². The SMILES string of the molecule is Cc1ccc(-c2cc(C(=O)N/N=C\c3cccc(Cl)c3Cl)[nH]n2)cc1. The Labute approximate surface area is 154 Å². The van der Waals surface area contributed by atoms with Gasteiger partial charge in [0.25, 0.3) is 5.91 Å². The lowest BCUT2D eigenvalue weighted by Gasteiger charge is -2.00. The predicted octanol–water partition coefficient (Wildman–Crippen LogP) is 4.46. The van der Waals surface area contributed by atoms with Crippen LogP contribution < -0.4 is 5.43 Å². The van der Waals surface area contributed by atoms with Gasteiger partial charge in [-0.25, -0.2) is 5.43 Å². The number of hydrogen-bond donors (Lipinski definition) is 2. The van der Waals surface area contributed by atoms with Gasteiger partial charge in [-0.1, -0.05) is 65.2 Å². The van der Waals surface area contributed by atoms with E-state index >= 15 is 0 Å². The minimum Gasteiger partial charge on any atom is -0.272 e. The highest BCUT2D eigenvalue weighted by Crippen LogP contribution is 2.24. The van der Waals surface area contributed by atoms with Crippen LogP contribution in [0.2, 0.25) is 10.0 Å². The molecule has 1 amide bonds. The minimum atomic E-state index is -0.403. The highest BCUT2D eigenvalue weighted by Gasteiger charge is 2.10. The molecule has 0 aliphatic rings. The summed E-state index contributed by atoms with van der Waals surface area (Å²) in [7, 11) is 0. The first-order chi connectivity index (χ1) is 12.0. The Bertz CT molecular complexity index is 933. The second kappa shape index (κ2) is 7.51. The number of nitrogens with one attached hydrogen (secondary N) is 2. The normalized spacial score (nSPS) is 11.0. The first-order valence-corrected chi connectivity index (χ1v) is 8.20. The molecule has 0 unspecified atom stereocenters. The van der Waals surface area contributed by atoms with E-state index in [2.05, 4.69) is 20.7 Å². The van der Waals surface area contributed by atoms with Crippen molar-refractivity contribution in [3.05, 3.63) is 75.4 Å². The summed E-state index contributed by atoms with van der Waals surface area (Å²) in [5, 5.41) is 11.6. The van der Waals surface area contributed by atoms with Gasteiger partial charge in [-0.05, 0) is 19.1 Å². The average molecular weight is 373 g/mol. The van der Waals surface area contributed by atoms with Gasteiger partial charge in [0, 0.05) is 11.1 Å². The second-order valence-electron chi connectivity index (χ2n) is 5.38. The maximum absolute atomic E-state index is 12.1. The van der Waals surface area contributed by atoms with Crippen molar-refractivity contribution >= 4 is 35.3 Å². The molecular formula is C18H14Cl2N4O. The van der Waals surface area contributed by atoms with E-state index in [1.54, 1.807) is 24.3 Å². The van der Waals surface area contributed by atoms with Crippen LogP contribution in [0.5, 0.6) is 0 Å². The first-order valence-electron chi connectivity index (χ1n) is 7.44. The Morgan fingerprint density at radius 2 is 1.96 bits per heavy atom. The van der Waals surface area contributed by atoms with Crippen LogP contribution in [-0.4, -0.2) is 22.3 Å². The lowest BCUT2D eigenvalue weighted by atomic mass is 10.1. The zero-order valence-corrected chi connectivity index (χ0v) is 14.8. The molecule has 2 N–H and O–H groups in total. The molecule has 0 saturated heterocycles. The Balaban J connectivity index is 1.69. The van der Waals surface area contributed by atoms with E-state index in [1.165, 1.54) is 6.21 Å². The first kappa shape index (κ1) is 17.2. The van der Waals surface area contributed by atoms with Gasteiger partial charge in [-0.15, -0.1) is 0 Å². The fraction of sp³-hybridized carbons (Fsp3) is 0.0556. The van der Waals surface area contributed by atoms with Gasteiger partial charge in [0.05, 0.1) is 22.0 Å². The van der Waals surface area contributed by atoms with Crippen molar-refractivity contribution in [1.82, 2.24) is 15.6 Å². The van der Waals surface area contributed by atoms with Gasteiger partial charge >= 0.3 is 0 Å². The molecule has 0 fully saturated rings. The zero-order valence-electron chi connectivity index (χ0n) is 13.3. The summed E-state index contributed by atoms with van der Waals surface area (Å²) < 4.78 is 0. The van der Waals surface area contributed by atoms with Crippen molar-refractivity contribution in [2.75, 3.05) is 0 Å². The Hall–Kier alpha value is -2.63. The largest absolute Gasteiger partial charge is 0.289 e. The third kappa shape index (κ3) is 4.07. The van der Waals surface area contributed by atoms with Crippen LogP contribution in [0.25, 0.3) is 11.3 Å². The number of amides is 1. The zero-order chi connectivity index (χ0) is 17.8. The molecule has 0 aliphatic heterocycles. The van der Waals surface area contributed by atoms with Gasteiger partial charge in [0.1, 0.15) is 5.69 Å². The van der Waals surface area contributed by atoms with Gasteiger partial charge < -0.3 is 0 Å². The Morgan fingerprint density at radius 3 is 2.72 bits per heavy atom. The number of H-pyrrole nitrogens is 1. The standard InChI is InChI=1S/C18H14Cl2N4O/c1-11-5-7-12(8-6-11)15-9-16(23-22-15)18(25)24-21-10-13-3-2-4-14(19)17(13)20/h2-10H,1H3,(H,22,23)(H,24,25)/b21-10-. The number of rotatable bonds is 4. The van der Waals surface area contributed by atoms with E-state index in [-0.39, 0.29) is 0 Å². The molecule has 0 saturated carbocycles. The summed E-state index contributed by atoms with van der Waals surface area (Å²) in [6.45, 7) is 2.01. The van der Waals surface area contributed by atoms with Crippen molar-refractivity contribution < 1.29 is 4.79 Å². The molecule has 0 atom stereocenters. The van der Waals surface area contributed by atoms with E-state index in [0.717, 1.165) is 11.1 Å². The number of hydrogen-bond acceptors (Lipinski definition) is 3. The number of carbonyl (C=O) groups is 1. The van der Waals surface area contributed by atoms with Gasteiger partial charge in [-0.3, -0.25) is 9.89 Å². The van der Waals surface area contributed by atoms with Crippen LogP contribution in [-0.2, 0) is 0 Å². The van der Waals surface area contributed by atoms with E-state index in [9.17, 15) is 4.79 Å². The molecule has 0 spiro atoms. The third-order valence-corrected chi connectivity index (χ3v) is 4.35. The van der Waals surface area contributed by atoms with Crippen molar-refractivity contribution in [1.29, 1.82) is 0 Å². The third-order valence-electron chi connectivity index (χ3n) is 3.52. The lowest BCUT2D eigenvalue weighted by molar-refractivity contribution is 0.0950. The van der Waals surface area contributed by atoms with Crippen LogP contribution >= 0.6 is 23.2 Å². The number of aryl methyl sites for hydroxylation is 1. The van der Waals surface area contributed by atoms with Gasteiger partial charge in [0.2, 0.25) is 0 Å². The minimum absolute atomic E-state index is 0.310. The lowest BCUT2D eigenvalue weighted by Crippen LogP contribution is -2.18. The number of benzene rings is 2. The quantitative estimate of drug-likeness (QED) is 0.524. The molecule has 0 aliphatic carbocycles. The van der Waals surface area contributed by atoms with Gasteiger partial charge in [-0.2, -0.15) is 10.2 Å². The molecule has 5 nitrogen and oxygen atoms in total. The maximum Gasteiger partial charge on any atom is 0.289 e. The van der Waals surface area contributed by atoms with Crippen LogP contribution in [0.1, 0.15) is 21.6 Å². The number of halogens is 2. The van der Waals surface area contributed by atoms with Crippen LogP contribution in [0.15, 0.2) is 53.6 Å². The number of nitrogens with zero attached hydrogens (tertiary/aromatic N) is 2. The number of hydrazone groups is 1. The van der Waals surface area contributed by atoms with Crippen LogP contribution in [0.3, 0.4) is 0 Å². The summed E-state index contributed by atoms with van der Waals surface area (Å²) >= 11 is 12.0. The highest BCUT2D eigenvalue weighted by molar-refractivity contribution is 6.43. The summed E-state index contributed by atoms with van der Waals surface area (Å²) in [6.07, 6.45) is 1.43. The van der Waals surface area contributed by atoms with Crippen molar-refractivity contribution in [3.8, 4) is 11.3 Å². The molecule has 0 radical (unpaired) electrons. The van der Waals surface area contributed by atoms with E-state index in [1.807, 2.05) is 31.2 Å². The summed E-state index contributed by atoms with van der Waals surface area (Å²) in [4.78, 5) is 12.1. The maximum atomic E-state index is 12.1. The molecule has 7 heteroatoms. The van der Waals surface area contributed by atoms with E-state index < -0.39 is 5.91 Å². The molecule has 3 aromatic rings. The molecule has 1 aromatic heterocycles. The second-order valence-corrected chi connectivity index (χ2v) is 6.16. The van der Waals surface area contributed by atoms with Gasteiger partial charge in [0.15, 0.2) is 0 Å². The summed E-state index contributed by atoms with van der Waals surface area (Å²) in [5.74, 6) is -0.403. The average Bonchev–Trinajstić information content (AvgIpc) is 3.09. The molecular weight excluding hydrogens is 359 g/mol. The highest BCUT2D eigenvalue weighted by atomic mass is 35.5. The van der Waals surface area contributed by atoms with Crippen LogP contribution in [0.4, 0.5) is 0 Å². The molecule has 2 aromatic carbocycles. The number of aromatic nitrogens is 2. The molecule has 1 heterocycles. The topological polar surface area (TPSA) is 70.1 Å². The van der Waals surface area contributed by atoms with Crippen molar-refractivity contribution in [3.63, 3.8) is 0 Å². The van der Waals surface area contributed by atoms with Crippen molar-refractivity contribution in [2.24, 2.45) is 5.10 Å². The molecule has 25 heavy (non-hydrogen) atoms. The monoisotopic (exact) mass is 372 g/mol. The predicted molar refractivity (Wildman–Crippen MR) is 100 cm³/mol. The van der Waals surface area contributed by atoms with E-state index in [0.29, 0.717) is 27.0 Å². The molecule has 0 bridgehead atoms. The van der Waals surface area contributed by atoms with Crippen LogP contribution in [0, 0.1) is 6.92 Å². The Morgan fingerprint density at radius 1 is 1.20 bits per heavy atom. The number of aromatic amines is 1. The summed E-state index contributed by atoms with van der Waals surface area (Å²) in [6, 6.07) is 14.7. The fourth-order valence-electron chi connectivity index (χ4n) is 2.15. The Kier molecular flexibility index (Phi) is 5.16. The fourth-order valence-corrected chi connectivity index (χ4v) is 2.51. The molecule has 3 rings (SSSR count). The molecule has 126 valence electrons. The number of carbonyl (C=O) groups excluding carboxylic acids is 1. The smallest absolute Gasteiger partial charge is 0.272 e. The summed E-state index contributed by atoms with van der Waals surface area (Å²) in [5.41, 5.74) is 6.12.